The third kappa shape index (κ3) is 79.9. The number of esters is 4. The Kier molecular flexibility index (Phi) is 73.4. The van der Waals surface area contributed by atoms with Crippen LogP contribution in [0.4, 0.5) is 0 Å². The van der Waals surface area contributed by atoms with Gasteiger partial charge in [-0.15, -0.1) is 0 Å². The third-order valence-electron chi connectivity index (χ3n) is 20.1. The van der Waals surface area contributed by atoms with E-state index in [4.69, 9.17) is 37.0 Å². The molecule has 3 unspecified atom stereocenters. The fourth-order valence-corrected chi connectivity index (χ4v) is 14.9. The van der Waals surface area contributed by atoms with Crippen molar-refractivity contribution in [3.05, 3.63) is 0 Å². The first-order valence-corrected chi connectivity index (χ1v) is 47.2. The zero-order chi connectivity index (χ0) is 77.4. The van der Waals surface area contributed by atoms with Crippen LogP contribution >= 0.6 is 15.6 Å². The van der Waals surface area contributed by atoms with E-state index < -0.39 is 97.5 Å². The molecule has 0 saturated carbocycles. The average molecular weight is 1540 g/mol. The van der Waals surface area contributed by atoms with Crippen LogP contribution in [0.1, 0.15) is 447 Å². The van der Waals surface area contributed by atoms with Gasteiger partial charge in [-0.1, -0.05) is 396 Å². The van der Waals surface area contributed by atoms with E-state index in [1.54, 1.807) is 0 Å². The van der Waals surface area contributed by atoms with Gasteiger partial charge in [-0.2, -0.15) is 0 Å². The summed E-state index contributed by atoms with van der Waals surface area (Å²) >= 11 is 0. The van der Waals surface area contributed by atoms with Crippen LogP contribution < -0.4 is 0 Å². The molecule has 0 heterocycles. The van der Waals surface area contributed by atoms with Gasteiger partial charge in [-0.25, -0.2) is 9.13 Å². The first-order chi connectivity index (χ1) is 50.6. The Morgan fingerprint density at radius 2 is 0.400 bits per heavy atom. The van der Waals surface area contributed by atoms with E-state index in [2.05, 4.69) is 55.4 Å². The molecule has 17 nitrogen and oxygen atoms in total. The molecule has 0 bridgehead atoms. The Labute approximate surface area is 645 Å². The van der Waals surface area contributed by atoms with Gasteiger partial charge in [0.2, 0.25) is 0 Å². The Hall–Kier alpha value is -1.94. The predicted octanol–water partition coefficient (Wildman–Crippen LogP) is 25.9. The second kappa shape index (κ2) is 74.8. The van der Waals surface area contributed by atoms with Gasteiger partial charge in [0, 0.05) is 25.7 Å². The Morgan fingerprint density at radius 3 is 0.590 bits per heavy atom. The number of aliphatic hydroxyl groups is 1. The van der Waals surface area contributed by atoms with Crippen LogP contribution in [-0.2, 0) is 65.4 Å². The van der Waals surface area contributed by atoms with Gasteiger partial charge in [0.25, 0.3) is 0 Å². The fraction of sp³-hybridized carbons (Fsp3) is 0.953. The number of carbonyl (C=O) groups excluding carboxylic acids is 4. The van der Waals surface area contributed by atoms with E-state index >= 15 is 0 Å². The maximum Gasteiger partial charge on any atom is 0.472 e. The lowest BCUT2D eigenvalue weighted by molar-refractivity contribution is -0.161. The van der Waals surface area contributed by atoms with Gasteiger partial charge in [0.05, 0.1) is 26.4 Å². The topological polar surface area (TPSA) is 237 Å². The van der Waals surface area contributed by atoms with E-state index in [-0.39, 0.29) is 25.7 Å². The molecule has 624 valence electrons. The molecular weight excluding hydrogens is 1370 g/mol. The van der Waals surface area contributed by atoms with Gasteiger partial charge in [-0.05, 0) is 49.4 Å². The molecule has 0 aliphatic rings. The van der Waals surface area contributed by atoms with Gasteiger partial charge in [0.15, 0.2) is 12.2 Å². The van der Waals surface area contributed by atoms with Crippen molar-refractivity contribution >= 4 is 39.5 Å². The van der Waals surface area contributed by atoms with Crippen molar-refractivity contribution in [2.45, 2.75) is 465 Å². The van der Waals surface area contributed by atoms with Crippen molar-refractivity contribution in [2.24, 2.45) is 23.7 Å². The number of ether oxygens (including phenoxy) is 4. The lowest BCUT2D eigenvalue weighted by Crippen LogP contribution is -2.30. The van der Waals surface area contributed by atoms with Crippen molar-refractivity contribution in [1.82, 2.24) is 0 Å². The Morgan fingerprint density at radius 1 is 0.238 bits per heavy atom. The minimum atomic E-state index is -4.97. The summed E-state index contributed by atoms with van der Waals surface area (Å²) < 4.78 is 68.9. The number of phosphoric ester groups is 2. The van der Waals surface area contributed by atoms with Crippen molar-refractivity contribution in [3.63, 3.8) is 0 Å². The normalized spacial score (nSPS) is 13.9. The number of unbranched alkanes of at least 4 members (excludes halogenated alkanes) is 49. The van der Waals surface area contributed by atoms with Crippen LogP contribution in [0.25, 0.3) is 0 Å². The van der Waals surface area contributed by atoms with Crippen molar-refractivity contribution in [3.8, 4) is 0 Å². The Bertz CT molecular complexity index is 2040. The highest BCUT2D eigenvalue weighted by molar-refractivity contribution is 7.47. The van der Waals surface area contributed by atoms with Gasteiger partial charge >= 0.3 is 39.5 Å². The summed E-state index contributed by atoms with van der Waals surface area (Å²) in [6.07, 6.45) is 64.0. The number of aliphatic hydroxyl groups excluding tert-OH is 1. The molecule has 0 aromatic carbocycles. The SMILES string of the molecule is CC(C)CCCCCCCCCCCCCCCCCCCCC(=O)OC[C@H](COP(=O)(O)OCC(O)COP(=O)(O)OC[C@@H](COC(=O)CCCCCCCCCC(C)C)OC(=O)CCCCCCCCCCCCCCCCCC(C)C)OC(=O)CCCCCCCCCCCCCCCC(C)C. The smallest absolute Gasteiger partial charge is 0.462 e. The summed E-state index contributed by atoms with van der Waals surface area (Å²) in [5, 5.41) is 10.7. The summed E-state index contributed by atoms with van der Waals surface area (Å²) in [7, 11) is -9.93. The minimum Gasteiger partial charge on any atom is -0.462 e. The second-order valence-corrected chi connectivity index (χ2v) is 35.7. The van der Waals surface area contributed by atoms with E-state index in [0.717, 1.165) is 114 Å². The highest BCUT2D eigenvalue weighted by Gasteiger charge is 2.30. The van der Waals surface area contributed by atoms with Crippen molar-refractivity contribution in [1.29, 1.82) is 0 Å². The lowest BCUT2D eigenvalue weighted by atomic mass is 10.0. The van der Waals surface area contributed by atoms with E-state index in [1.807, 2.05) is 0 Å². The highest BCUT2D eigenvalue weighted by Crippen LogP contribution is 2.45. The zero-order valence-corrected chi connectivity index (χ0v) is 71.2. The zero-order valence-electron chi connectivity index (χ0n) is 69.4. The molecule has 5 atom stereocenters. The number of carbonyl (C=O) groups is 4. The van der Waals surface area contributed by atoms with Crippen molar-refractivity contribution < 1.29 is 80.2 Å². The number of phosphoric acid groups is 2. The third-order valence-corrected chi connectivity index (χ3v) is 22.0. The molecule has 0 aromatic rings. The first kappa shape index (κ1) is 103. The molecule has 0 radical (unpaired) electrons. The summed E-state index contributed by atoms with van der Waals surface area (Å²) in [6, 6.07) is 0. The van der Waals surface area contributed by atoms with Crippen LogP contribution in [0.3, 0.4) is 0 Å². The minimum absolute atomic E-state index is 0.107. The summed E-state index contributed by atoms with van der Waals surface area (Å²) in [5.41, 5.74) is 0. The molecule has 19 heteroatoms. The number of hydrogen-bond acceptors (Lipinski definition) is 15. The van der Waals surface area contributed by atoms with Crippen LogP contribution in [0.15, 0.2) is 0 Å². The monoisotopic (exact) mass is 1540 g/mol. The largest absolute Gasteiger partial charge is 0.472 e. The van der Waals surface area contributed by atoms with Crippen molar-refractivity contribution in [2.75, 3.05) is 39.6 Å². The summed E-state index contributed by atoms with van der Waals surface area (Å²) in [4.78, 5) is 73.2. The van der Waals surface area contributed by atoms with Gasteiger partial charge in [-0.3, -0.25) is 37.3 Å². The van der Waals surface area contributed by atoms with E-state index in [9.17, 15) is 43.2 Å². The lowest BCUT2D eigenvalue weighted by Gasteiger charge is -2.21. The maximum absolute atomic E-state index is 13.1. The predicted molar refractivity (Wildman–Crippen MR) is 432 cm³/mol. The van der Waals surface area contributed by atoms with E-state index in [1.165, 1.54) is 244 Å². The highest BCUT2D eigenvalue weighted by atomic mass is 31.2. The standard InChI is InChI=1S/C86H168O17P2/c1-76(2)62-54-46-38-31-25-19-14-11-9-10-12-16-22-28-34-42-50-58-66-83(88)96-72-81(102-85(90)69-61-53-44-36-30-24-18-21-27-33-40-48-56-64-78(5)6)74-100-104(92,93)98-70-80(87)71-99-105(94,95)101-75-82(73-97-84(89)67-59-51-45-37-41-49-57-65-79(7)8)103-86(91)68-60-52-43-35-29-23-17-13-15-20-26-32-39-47-55-63-77(3)4/h76-82,87H,9-75H2,1-8H3,(H,92,93)(H,94,95)/t80?,81-,82-/m1/s1. The summed E-state index contributed by atoms with van der Waals surface area (Å²) in [5.74, 6) is 1.01. The first-order valence-electron chi connectivity index (χ1n) is 44.2. The molecule has 105 heavy (non-hydrogen) atoms. The molecule has 0 rings (SSSR count). The molecule has 3 N–H and O–H groups in total. The van der Waals surface area contributed by atoms with Crippen LogP contribution in [0, 0.1) is 23.7 Å². The van der Waals surface area contributed by atoms with E-state index in [0.29, 0.717) is 31.6 Å². The molecule has 0 fully saturated rings. The molecule has 0 aromatic heterocycles. The average Bonchev–Trinajstić information content (AvgIpc) is 0.905. The second-order valence-electron chi connectivity index (χ2n) is 32.8. The number of rotatable bonds is 83. The molecule has 0 saturated heterocycles. The van der Waals surface area contributed by atoms with Crippen LogP contribution in [0.5, 0.6) is 0 Å². The molecule has 0 aliphatic heterocycles. The number of hydrogen-bond donors (Lipinski definition) is 3. The summed E-state index contributed by atoms with van der Waals surface area (Å²) in [6.45, 7) is 14.3. The Balaban J connectivity index is 5.21. The maximum atomic E-state index is 13.1. The van der Waals surface area contributed by atoms with Gasteiger partial charge in [0.1, 0.15) is 19.3 Å². The molecule has 0 aliphatic carbocycles. The quantitative estimate of drug-likeness (QED) is 0.0222. The molecule has 0 spiro atoms. The van der Waals surface area contributed by atoms with Gasteiger partial charge < -0.3 is 33.8 Å². The molecular formula is C86H168O17P2. The molecule has 0 amide bonds. The van der Waals surface area contributed by atoms with Crippen LogP contribution in [-0.4, -0.2) is 96.7 Å². The van der Waals surface area contributed by atoms with Crippen LogP contribution in [0.2, 0.25) is 0 Å². The fourth-order valence-electron chi connectivity index (χ4n) is 13.3.